The zero-order chi connectivity index (χ0) is 15.3. The zero-order valence-corrected chi connectivity index (χ0v) is 11.3. The summed E-state index contributed by atoms with van der Waals surface area (Å²) in [6, 6.07) is 2.55. The maximum absolute atomic E-state index is 12.6. The van der Waals surface area contributed by atoms with Crippen LogP contribution >= 0.6 is 0 Å². The largest absolute Gasteiger partial charge is 0.493 e. The van der Waals surface area contributed by atoms with E-state index in [0.717, 1.165) is 0 Å². The molecule has 1 aromatic rings. The van der Waals surface area contributed by atoms with E-state index in [-0.39, 0.29) is 23.0 Å². The Morgan fingerprint density at radius 2 is 1.55 bits per heavy atom. The highest BCUT2D eigenvalue weighted by atomic mass is 19.4. The minimum atomic E-state index is -4.56. The lowest BCUT2D eigenvalue weighted by atomic mass is 10.2. The molecule has 0 fully saturated rings. The SMILES string of the molecule is COc1cc(OC(CN)C(F)(F)F)cc(OC)c1OC. The molecule has 0 aliphatic carbocycles. The van der Waals surface area contributed by atoms with Crippen molar-refractivity contribution >= 4 is 0 Å². The van der Waals surface area contributed by atoms with Crippen molar-refractivity contribution in [2.45, 2.75) is 12.3 Å². The number of nitrogens with two attached hydrogens (primary N) is 1. The number of ether oxygens (including phenoxy) is 4. The first kappa shape index (κ1) is 16.2. The molecular formula is C12H16F3NO4. The Labute approximate surface area is 114 Å². The van der Waals surface area contributed by atoms with E-state index in [0.29, 0.717) is 0 Å². The fraction of sp³-hybridized carbons (Fsp3) is 0.500. The number of alkyl halides is 3. The van der Waals surface area contributed by atoms with Gasteiger partial charge in [-0.05, 0) is 0 Å². The molecule has 0 aliphatic rings. The van der Waals surface area contributed by atoms with E-state index in [4.69, 9.17) is 24.7 Å². The van der Waals surface area contributed by atoms with Gasteiger partial charge in [-0.15, -0.1) is 0 Å². The molecule has 8 heteroatoms. The number of hydrogen-bond acceptors (Lipinski definition) is 5. The molecular weight excluding hydrogens is 279 g/mol. The number of benzene rings is 1. The van der Waals surface area contributed by atoms with Crippen LogP contribution in [0.1, 0.15) is 0 Å². The first-order valence-corrected chi connectivity index (χ1v) is 5.60. The zero-order valence-electron chi connectivity index (χ0n) is 11.3. The summed E-state index contributed by atoms with van der Waals surface area (Å²) in [6.45, 7) is -0.694. The minimum Gasteiger partial charge on any atom is -0.493 e. The van der Waals surface area contributed by atoms with Crippen LogP contribution in [-0.4, -0.2) is 40.2 Å². The van der Waals surface area contributed by atoms with Gasteiger partial charge in [0, 0.05) is 18.7 Å². The molecule has 2 N–H and O–H groups in total. The Morgan fingerprint density at radius 3 is 1.85 bits per heavy atom. The molecule has 1 atom stereocenters. The third-order valence-electron chi connectivity index (χ3n) is 2.50. The monoisotopic (exact) mass is 295 g/mol. The topological polar surface area (TPSA) is 62.9 Å². The molecule has 0 saturated carbocycles. The van der Waals surface area contributed by atoms with Gasteiger partial charge in [0.25, 0.3) is 0 Å². The van der Waals surface area contributed by atoms with Crippen LogP contribution in [0.25, 0.3) is 0 Å². The van der Waals surface area contributed by atoms with Crippen LogP contribution in [-0.2, 0) is 0 Å². The molecule has 20 heavy (non-hydrogen) atoms. The van der Waals surface area contributed by atoms with Crippen LogP contribution in [0, 0.1) is 0 Å². The Morgan fingerprint density at radius 1 is 1.05 bits per heavy atom. The number of halogens is 3. The summed E-state index contributed by atoms with van der Waals surface area (Å²) in [5.41, 5.74) is 5.07. The second kappa shape index (κ2) is 6.56. The summed E-state index contributed by atoms with van der Waals surface area (Å²) in [6.07, 6.45) is -6.67. The van der Waals surface area contributed by atoms with Gasteiger partial charge in [0.15, 0.2) is 11.5 Å². The summed E-state index contributed by atoms with van der Waals surface area (Å²) < 4.78 is 57.8. The van der Waals surface area contributed by atoms with Gasteiger partial charge in [-0.2, -0.15) is 13.2 Å². The van der Waals surface area contributed by atoms with E-state index in [1.807, 2.05) is 0 Å². The lowest BCUT2D eigenvalue weighted by Gasteiger charge is -2.21. The van der Waals surface area contributed by atoms with Gasteiger partial charge in [0.05, 0.1) is 21.3 Å². The molecule has 0 aliphatic heterocycles. The minimum absolute atomic E-state index is 0.0766. The molecule has 0 bridgehead atoms. The average Bonchev–Trinajstić information content (AvgIpc) is 2.41. The van der Waals surface area contributed by atoms with Gasteiger partial charge in [-0.3, -0.25) is 0 Å². The van der Waals surface area contributed by atoms with E-state index in [1.165, 1.54) is 33.5 Å². The Kier molecular flexibility index (Phi) is 5.32. The predicted octanol–water partition coefficient (Wildman–Crippen LogP) is 1.98. The van der Waals surface area contributed by atoms with Crippen molar-refractivity contribution < 1.29 is 32.1 Å². The number of methoxy groups -OCH3 is 3. The molecule has 0 spiro atoms. The molecule has 0 saturated heterocycles. The van der Waals surface area contributed by atoms with Gasteiger partial charge in [0.2, 0.25) is 11.9 Å². The highest BCUT2D eigenvalue weighted by molar-refractivity contribution is 5.55. The van der Waals surface area contributed by atoms with Gasteiger partial charge >= 0.3 is 6.18 Å². The van der Waals surface area contributed by atoms with Gasteiger partial charge in [-0.25, -0.2) is 0 Å². The average molecular weight is 295 g/mol. The molecule has 114 valence electrons. The molecule has 1 rings (SSSR count). The first-order chi connectivity index (χ1) is 9.37. The van der Waals surface area contributed by atoms with Crippen molar-refractivity contribution in [2.75, 3.05) is 27.9 Å². The lowest BCUT2D eigenvalue weighted by Crippen LogP contribution is -2.40. The van der Waals surface area contributed by atoms with Crippen molar-refractivity contribution in [1.82, 2.24) is 0 Å². The number of hydrogen-bond donors (Lipinski definition) is 1. The van der Waals surface area contributed by atoms with Crippen LogP contribution in [0.15, 0.2) is 12.1 Å². The van der Waals surface area contributed by atoms with E-state index < -0.39 is 18.8 Å². The van der Waals surface area contributed by atoms with Gasteiger partial charge in [-0.1, -0.05) is 0 Å². The summed E-state index contributed by atoms with van der Waals surface area (Å²) in [4.78, 5) is 0. The van der Waals surface area contributed by atoms with Gasteiger partial charge in [0.1, 0.15) is 5.75 Å². The predicted molar refractivity (Wildman–Crippen MR) is 65.6 cm³/mol. The fourth-order valence-electron chi connectivity index (χ4n) is 1.54. The van der Waals surface area contributed by atoms with Crippen molar-refractivity contribution in [1.29, 1.82) is 0 Å². The molecule has 1 unspecified atom stereocenters. The van der Waals surface area contributed by atoms with Gasteiger partial charge < -0.3 is 24.7 Å². The summed E-state index contributed by atoms with van der Waals surface area (Å²) >= 11 is 0. The molecule has 0 aromatic heterocycles. The Bertz CT molecular complexity index is 426. The van der Waals surface area contributed by atoms with Crippen molar-refractivity contribution in [3.8, 4) is 23.0 Å². The normalized spacial score (nSPS) is 12.8. The third kappa shape index (κ3) is 3.60. The summed E-state index contributed by atoms with van der Waals surface area (Å²) in [5.74, 6) is 0.575. The van der Waals surface area contributed by atoms with Crippen molar-refractivity contribution in [2.24, 2.45) is 5.73 Å². The van der Waals surface area contributed by atoms with Crippen molar-refractivity contribution in [3.63, 3.8) is 0 Å². The molecule has 0 heterocycles. The maximum Gasteiger partial charge on any atom is 0.426 e. The molecule has 0 radical (unpaired) electrons. The quantitative estimate of drug-likeness (QED) is 0.869. The number of rotatable bonds is 6. The first-order valence-electron chi connectivity index (χ1n) is 5.60. The van der Waals surface area contributed by atoms with Crippen LogP contribution < -0.4 is 24.7 Å². The van der Waals surface area contributed by atoms with Crippen LogP contribution in [0.4, 0.5) is 13.2 Å². The fourth-order valence-corrected chi connectivity index (χ4v) is 1.54. The third-order valence-corrected chi connectivity index (χ3v) is 2.50. The smallest absolute Gasteiger partial charge is 0.426 e. The standard InChI is InChI=1S/C12H16F3NO4/c1-17-8-4-7(5-9(18-2)11(8)19-3)20-10(6-16)12(13,14)15/h4-5,10H,6,16H2,1-3H3. The Hall–Kier alpha value is -1.83. The summed E-state index contributed by atoms with van der Waals surface area (Å²) in [7, 11) is 4.09. The van der Waals surface area contributed by atoms with Crippen molar-refractivity contribution in [3.05, 3.63) is 12.1 Å². The van der Waals surface area contributed by atoms with Crippen LogP contribution in [0.2, 0.25) is 0 Å². The van der Waals surface area contributed by atoms with Crippen LogP contribution in [0.5, 0.6) is 23.0 Å². The summed E-state index contributed by atoms with van der Waals surface area (Å²) in [5, 5.41) is 0. The molecule has 5 nitrogen and oxygen atoms in total. The van der Waals surface area contributed by atoms with E-state index >= 15 is 0 Å². The molecule has 1 aromatic carbocycles. The van der Waals surface area contributed by atoms with E-state index in [1.54, 1.807) is 0 Å². The highest BCUT2D eigenvalue weighted by Crippen LogP contribution is 2.41. The maximum atomic E-state index is 12.6. The second-order valence-corrected chi connectivity index (χ2v) is 3.74. The van der Waals surface area contributed by atoms with Crippen LogP contribution in [0.3, 0.4) is 0 Å². The lowest BCUT2D eigenvalue weighted by molar-refractivity contribution is -0.191. The molecule has 0 amide bonds. The Balaban J connectivity index is 3.13. The van der Waals surface area contributed by atoms with E-state index in [9.17, 15) is 13.2 Å². The second-order valence-electron chi connectivity index (χ2n) is 3.74. The highest BCUT2D eigenvalue weighted by Gasteiger charge is 2.41. The van der Waals surface area contributed by atoms with E-state index in [2.05, 4.69) is 0 Å².